The molecule has 1 aromatic carbocycles. The van der Waals surface area contributed by atoms with Crippen LogP contribution in [-0.2, 0) is 13.5 Å². The number of hydrogen-bond donors (Lipinski definition) is 1. The van der Waals surface area contributed by atoms with Crippen molar-refractivity contribution in [3.63, 3.8) is 0 Å². The molecule has 1 atom stereocenters. The number of aromatic nitrogens is 2. The maximum Gasteiger partial charge on any atom is 0.125 e. The molecule has 0 aliphatic rings. The summed E-state index contributed by atoms with van der Waals surface area (Å²) in [6.07, 6.45) is 4.11. The number of benzene rings is 1. The zero-order valence-electron chi connectivity index (χ0n) is 11.6. The highest BCUT2D eigenvalue weighted by molar-refractivity contribution is 5.38. The predicted molar refractivity (Wildman–Crippen MR) is 74.2 cm³/mol. The van der Waals surface area contributed by atoms with E-state index in [-0.39, 0.29) is 0 Å². The van der Waals surface area contributed by atoms with Gasteiger partial charge in [-0.3, -0.25) is 4.68 Å². The van der Waals surface area contributed by atoms with Gasteiger partial charge in [0.25, 0.3) is 0 Å². The second-order valence-electron chi connectivity index (χ2n) is 4.84. The summed E-state index contributed by atoms with van der Waals surface area (Å²) in [6.45, 7) is 4.34. The average Bonchev–Trinajstić information content (AvgIpc) is 2.75. The van der Waals surface area contributed by atoms with Crippen LogP contribution in [0.25, 0.3) is 0 Å². The summed E-state index contributed by atoms with van der Waals surface area (Å²) in [7, 11) is 1.90. The van der Waals surface area contributed by atoms with Crippen LogP contribution in [0.5, 0.6) is 5.75 Å². The Bertz CT molecular complexity index is 547. The Kier molecular flexibility index (Phi) is 4.22. The molecule has 1 aromatic heterocycles. The lowest BCUT2D eigenvalue weighted by Gasteiger charge is -2.14. The zero-order valence-corrected chi connectivity index (χ0v) is 11.6. The molecule has 4 heteroatoms. The van der Waals surface area contributed by atoms with Crippen LogP contribution in [0.1, 0.15) is 29.7 Å². The monoisotopic (exact) mass is 260 g/mol. The van der Waals surface area contributed by atoms with Gasteiger partial charge in [-0.15, -0.1) is 0 Å². The van der Waals surface area contributed by atoms with Gasteiger partial charge in [-0.2, -0.15) is 5.10 Å². The summed E-state index contributed by atoms with van der Waals surface area (Å²) in [5, 5.41) is 13.8. The summed E-state index contributed by atoms with van der Waals surface area (Å²) in [5.74, 6) is 0.763. The Morgan fingerprint density at radius 3 is 2.84 bits per heavy atom. The van der Waals surface area contributed by atoms with E-state index in [2.05, 4.69) is 5.10 Å². The van der Waals surface area contributed by atoms with Gasteiger partial charge in [-0.25, -0.2) is 0 Å². The molecule has 0 radical (unpaired) electrons. The molecule has 0 aliphatic heterocycles. The molecule has 2 aromatic rings. The third-order valence-corrected chi connectivity index (χ3v) is 3.03. The number of aliphatic hydroxyl groups excluding tert-OH is 1. The van der Waals surface area contributed by atoms with Gasteiger partial charge >= 0.3 is 0 Å². The normalized spacial score (nSPS) is 12.4. The van der Waals surface area contributed by atoms with E-state index >= 15 is 0 Å². The molecule has 0 unspecified atom stereocenters. The van der Waals surface area contributed by atoms with Crippen molar-refractivity contribution in [3.8, 4) is 5.75 Å². The number of ether oxygens (including phenoxy) is 1. The predicted octanol–water partition coefficient (Wildman–Crippen LogP) is 2.40. The van der Waals surface area contributed by atoms with E-state index < -0.39 is 6.10 Å². The Hall–Kier alpha value is -1.81. The van der Waals surface area contributed by atoms with Gasteiger partial charge in [0.15, 0.2) is 0 Å². The van der Waals surface area contributed by atoms with E-state index in [1.54, 1.807) is 11.6 Å². The van der Waals surface area contributed by atoms with E-state index in [1.165, 1.54) is 0 Å². The SMILES string of the molecule is Cc1ccc([C@@H](C)O)c(OCCc2cnn(C)c2)c1. The number of rotatable bonds is 5. The molecule has 2 rings (SSSR count). The van der Waals surface area contributed by atoms with Crippen LogP contribution in [0.15, 0.2) is 30.6 Å². The number of hydrogen-bond acceptors (Lipinski definition) is 3. The fourth-order valence-corrected chi connectivity index (χ4v) is 1.99. The Morgan fingerprint density at radius 2 is 2.21 bits per heavy atom. The second-order valence-corrected chi connectivity index (χ2v) is 4.84. The van der Waals surface area contributed by atoms with Crippen molar-refractivity contribution >= 4 is 0 Å². The van der Waals surface area contributed by atoms with Crippen molar-refractivity contribution in [2.24, 2.45) is 7.05 Å². The van der Waals surface area contributed by atoms with Crippen LogP contribution >= 0.6 is 0 Å². The molecule has 0 saturated heterocycles. The van der Waals surface area contributed by atoms with Crippen molar-refractivity contribution in [2.45, 2.75) is 26.4 Å². The van der Waals surface area contributed by atoms with Gasteiger partial charge in [0.2, 0.25) is 0 Å². The topological polar surface area (TPSA) is 47.3 Å². The fraction of sp³-hybridized carbons (Fsp3) is 0.400. The molecule has 0 aliphatic carbocycles. The van der Waals surface area contributed by atoms with E-state index in [4.69, 9.17) is 4.74 Å². The van der Waals surface area contributed by atoms with Gasteiger partial charge in [-0.1, -0.05) is 12.1 Å². The van der Waals surface area contributed by atoms with Crippen molar-refractivity contribution in [1.29, 1.82) is 0 Å². The summed E-state index contributed by atoms with van der Waals surface area (Å²) >= 11 is 0. The van der Waals surface area contributed by atoms with Gasteiger partial charge in [-0.05, 0) is 31.0 Å². The van der Waals surface area contributed by atoms with Crippen molar-refractivity contribution < 1.29 is 9.84 Å². The van der Waals surface area contributed by atoms with Crippen molar-refractivity contribution in [1.82, 2.24) is 9.78 Å². The van der Waals surface area contributed by atoms with Crippen molar-refractivity contribution in [3.05, 3.63) is 47.3 Å². The highest BCUT2D eigenvalue weighted by Crippen LogP contribution is 2.26. The van der Waals surface area contributed by atoms with Crippen LogP contribution in [0.2, 0.25) is 0 Å². The molecular formula is C15H20N2O2. The first kappa shape index (κ1) is 13.6. The van der Waals surface area contributed by atoms with E-state index in [0.717, 1.165) is 28.9 Å². The third kappa shape index (κ3) is 3.58. The minimum Gasteiger partial charge on any atom is -0.493 e. The molecular weight excluding hydrogens is 240 g/mol. The van der Waals surface area contributed by atoms with E-state index in [0.29, 0.717) is 6.61 Å². The van der Waals surface area contributed by atoms with Gasteiger partial charge in [0.1, 0.15) is 5.75 Å². The first-order chi connectivity index (χ1) is 9.06. The Morgan fingerprint density at radius 1 is 1.42 bits per heavy atom. The number of nitrogens with zero attached hydrogens (tertiary/aromatic N) is 2. The molecule has 0 amide bonds. The Labute approximate surface area is 113 Å². The number of aliphatic hydroxyl groups is 1. The maximum absolute atomic E-state index is 9.72. The van der Waals surface area contributed by atoms with E-state index in [9.17, 15) is 5.11 Å². The molecule has 19 heavy (non-hydrogen) atoms. The van der Waals surface area contributed by atoms with Gasteiger partial charge in [0, 0.05) is 25.2 Å². The molecule has 0 saturated carbocycles. The second kappa shape index (κ2) is 5.89. The fourth-order valence-electron chi connectivity index (χ4n) is 1.99. The number of aryl methyl sites for hydroxylation is 2. The van der Waals surface area contributed by atoms with Gasteiger partial charge in [0.05, 0.1) is 18.9 Å². The minimum atomic E-state index is -0.519. The van der Waals surface area contributed by atoms with Crippen LogP contribution in [0.3, 0.4) is 0 Å². The highest BCUT2D eigenvalue weighted by atomic mass is 16.5. The summed E-state index contributed by atoms with van der Waals surface area (Å²) < 4.78 is 7.58. The van der Waals surface area contributed by atoms with Crippen molar-refractivity contribution in [2.75, 3.05) is 6.61 Å². The third-order valence-electron chi connectivity index (χ3n) is 3.03. The Balaban J connectivity index is 2.00. The maximum atomic E-state index is 9.72. The van der Waals surface area contributed by atoms with Gasteiger partial charge < -0.3 is 9.84 Å². The molecule has 0 bridgehead atoms. The standard InChI is InChI=1S/C15H20N2O2/c1-11-4-5-14(12(2)18)15(8-11)19-7-6-13-9-16-17(3)10-13/h4-5,8-10,12,18H,6-7H2,1-3H3/t12-/m1/s1. The molecule has 1 N–H and O–H groups in total. The first-order valence-corrected chi connectivity index (χ1v) is 6.45. The lowest BCUT2D eigenvalue weighted by Crippen LogP contribution is -2.04. The molecule has 0 spiro atoms. The largest absolute Gasteiger partial charge is 0.493 e. The molecule has 4 nitrogen and oxygen atoms in total. The van der Waals surface area contributed by atoms with Crippen LogP contribution in [0.4, 0.5) is 0 Å². The van der Waals surface area contributed by atoms with Crippen LogP contribution < -0.4 is 4.74 Å². The first-order valence-electron chi connectivity index (χ1n) is 6.45. The zero-order chi connectivity index (χ0) is 13.8. The smallest absolute Gasteiger partial charge is 0.125 e. The summed E-state index contributed by atoms with van der Waals surface area (Å²) in [5.41, 5.74) is 3.10. The summed E-state index contributed by atoms with van der Waals surface area (Å²) in [6, 6.07) is 5.86. The molecule has 0 fully saturated rings. The van der Waals surface area contributed by atoms with Crippen LogP contribution in [-0.4, -0.2) is 21.5 Å². The lowest BCUT2D eigenvalue weighted by atomic mass is 10.1. The average molecular weight is 260 g/mol. The quantitative estimate of drug-likeness (QED) is 0.898. The minimum absolute atomic E-state index is 0.519. The van der Waals surface area contributed by atoms with Crippen LogP contribution in [0, 0.1) is 6.92 Å². The van der Waals surface area contributed by atoms with E-state index in [1.807, 2.05) is 44.6 Å². The lowest BCUT2D eigenvalue weighted by molar-refractivity contribution is 0.191. The highest BCUT2D eigenvalue weighted by Gasteiger charge is 2.09. The summed E-state index contributed by atoms with van der Waals surface area (Å²) in [4.78, 5) is 0. The molecule has 1 heterocycles. The molecule has 102 valence electrons.